The Morgan fingerprint density at radius 2 is 1.78 bits per heavy atom. The average molecular weight is 323 g/mol. The summed E-state index contributed by atoms with van der Waals surface area (Å²) in [6, 6.07) is 2.40. The summed E-state index contributed by atoms with van der Waals surface area (Å²) in [5.41, 5.74) is 0.914. The minimum absolute atomic E-state index is 0.0569. The first kappa shape index (κ1) is 14.7. The van der Waals surface area contributed by atoms with Crippen molar-refractivity contribution in [3.05, 3.63) is 23.3 Å². The maximum Gasteiger partial charge on any atom is 0.252 e. The molecule has 2 aliphatic heterocycles. The summed E-state index contributed by atoms with van der Waals surface area (Å²) in [4.78, 5) is 12.3. The van der Waals surface area contributed by atoms with Gasteiger partial charge in [-0.05, 0) is 17.7 Å². The molecule has 0 bridgehead atoms. The third-order valence-electron chi connectivity index (χ3n) is 5.01. The molecule has 1 amide bonds. The van der Waals surface area contributed by atoms with Crippen LogP contribution in [0.1, 0.15) is 21.8 Å². The molecule has 3 aliphatic rings. The highest BCUT2D eigenvalue weighted by Gasteiger charge is 2.53. The Morgan fingerprint density at radius 3 is 2.48 bits per heavy atom. The predicted molar refractivity (Wildman–Crippen MR) is 75.2 cm³/mol. The molecule has 8 heteroatoms. The Kier molecular flexibility index (Phi) is 3.24. The van der Waals surface area contributed by atoms with E-state index < -0.39 is 48.7 Å². The minimum Gasteiger partial charge on any atom is -0.454 e. The SMILES string of the molecule is O=C1N[C@H]2[C@H](O)[C@H](O)[C@@H](O)[C@H](CO)[C@@H]2c2cc3c(cc21)OCO3. The average Bonchev–Trinajstić information content (AvgIpc) is 3.00. The highest BCUT2D eigenvalue weighted by atomic mass is 16.7. The molecule has 1 saturated carbocycles. The van der Waals surface area contributed by atoms with Crippen molar-refractivity contribution in [2.24, 2.45) is 5.92 Å². The zero-order chi connectivity index (χ0) is 16.3. The van der Waals surface area contributed by atoms with Gasteiger partial charge in [0.05, 0.1) is 12.1 Å². The van der Waals surface area contributed by atoms with Crippen LogP contribution in [0.15, 0.2) is 12.1 Å². The van der Waals surface area contributed by atoms with Crippen LogP contribution in [-0.4, -0.2) is 64.1 Å². The van der Waals surface area contributed by atoms with Gasteiger partial charge in [-0.3, -0.25) is 4.79 Å². The molecule has 6 atom stereocenters. The Labute approximate surface area is 131 Å². The van der Waals surface area contributed by atoms with E-state index in [0.717, 1.165) is 0 Å². The number of ether oxygens (including phenoxy) is 2. The largest absolute Gasteiger partial charge is 0.454 e. The minimum atomic E-state index is -1.44. The molecule has 2 heterocycles. The first-order chi connectivity index (χ1) is 11.0. The second kappa shape index (κ2) is 5.07. The van der Waals surface area contributed by atoms with Crippen LogP contribution >= 0.6 is 0 Å². The Morgan fingerprint density at radius 1 is 1.09 bits per heavy atom. The van der Waals surface area contributed by atoms with Crippen molar-refractivity contribution in [3.8, 4) is 11.5 Å². The van der Waals surface area contributed by atoms with Gasteiger partial charge in [-0.2, -0.15) is 0 Å². The van der Waals surface area contributed by atoms with Gasteiger partial charge in [0.1, 0.15) is 12.2 Å². The zero-order valence-electron chi connectivity index (χ0n) is 12.0. The van der Waals surface area contributed by atoms with Gasteiger partial charge in [0.2, 0.25) is 6.79 Å². The van der Waals surface area contributed by atoms with Crippen LogP contribution in [0, 0.1) is 5.92 Å². The number of hydrogen-bond donors (Lipinski definition) is 5. The Balaban J connectivity index is 1.86. The maximum atomic E-state index is 12.3. The fourth-order valence-corrected chi connectivity index (χ4v) is 3.84. The van der Waals surface area contributed by atoms with Gasteiger partial charge in [0.15, 0.2) is 11.5 Å². The standard InChI is InChI=1S/C15H17NO7/c17-3-7-10-5-1-8-9(23-4-22-8)2-6(5)15(21)16-11(10)13(19)14(20)12(7)18/h1-2,7,10-14,17-20H,3-4H2,(H,16,21)/t7-,10+,11-,12+,13+,14-/m1/s1. The van der Waals surface area contributed by atoms with Gasteiger partial charge < -0.3 is 35.2 Å². The molecule has 124 valence electrons. The lowest BCUT2D eigenvalue weighted by atomic mass is 9.66. The topological polar surface area (TPSA) is 128 Å². The second-order valence-corrected chi connectivity index (χ2v) is 6.14. The molecule has 5 N–H and O–H groups in total. The van der Waals surface area contributed by atoms with Crippen LogP contribution in [0.25, 0.3) is 0 Å². The number of hydrogen-bond acceptors (Lipinski definition) is 7. The molecular formula is C15H17NO7. The van der Waals surface area contributed by atoms with E-state index in [9.17, 15) is 25.2 Å². The first-order valence-electron chi connectivity index (χ1n) is 7.42. The number of aliphatic hydroxyl groups is 4. The van der Waals surface area contributed by atoms with Crippen LogP contribution in [0.2, 0.25) is 0 Å². The van der Waals surface area contributed by atoms with E-state index in [1.807, 2.05) is 0 Å². The lowest BCUT2D eigenvalue weighted by Crippen LogP contribution is -2.65. The number of fused-ring (bicyclic) bond motifs is 4. The van der Waals surface area contributed by atoms with E-state index in [2.05, 4.69) is 5.32 Å². The molecule has 4 rings (SSSR count). The van der Waals surface area contributed by atoms with Gasteiger partial charge in [-0.25, -0.2) is 0 Å². The van der Waals surface area contributed by atoms with Crippen LogP contribution in [0.4, 0.5) is 0 Å². The molecule has 1 aliphatic carbocycles. The number of rotatable bonds is 1. The molecule has 8 nitrogen and oxygen atoms in total. The van der Waals surface area contributed by atoms with E-state index in [1.54, 1.807) is 12.1 Å². The van der Waals surface area contributed by atoms with E-state index in [0.29, 0.717) is 22.6 Å². The third kappa shape index (κ3) is 1.96. The van der Waals surface area contributed by atoms with Crippen molar-refractivity contribution in [2.75, 3.05) is 13.4 Å². The first-order valence-corrected chi connectivity index (χ1v) is 7.42. The summed E-state index contributed by atoms with van der Waals surface area (Å²) in [6.45, 7) is -0.336. The van der Waals surface area contributed by atoms with Crippen molar-refractivity contribution >= 4 is 5.91 Å². The molecule has 0 saturated heterocycles. The van der Waals surface area contributed by atoms with E-state index in [-0.39, 0.29) is 6.79 Å². The normalized spacial score (nSPS) is 37.8. The summed E-state index contributed by atoms with van der Waals surface area (Å²) in [7, 11) is 0. The molecule has 23 heavy (non-hydrogen) atoms. The Hall–Kier alpha value is -1.87. The van der Waals surface area contributed by atoms with E-state index in [1.165, 1.54) is 0 Å². The number of carbonyl (C=O) groups excluding carboxylic acids is 1. The monoisotopic (exact) mass is 323 g/mol. The van der Waals surface area contributed by atoms with Gasteiger partial charge >= 0.3 is 0 Å². The zero-order valence-corrected chi connectivity index (χ0v) is 12.0. The van der Waals surface area contributed by atoms with Gasteiger partial charge in [0, 0.05) is 24.0 Å². The summed E-state index contributed by atoms with van der Waals surface area (Å²) in [6.07, 6.45) is -4.07. The Bertz CT molecular complexity index is 663. The number of benzene rings is 1. The number of aliphatic hydroxyl groups excluding tert-OH is 4. The summed E-state index contributed by atoms with van der Waals surface area (Å²) < 4.78 is 10.6. The molecule has 0 spiro atoms. The van der Waals surface area contributed by atoms with Crippen LogP contribution < -0.4 is 14.8 Å². The van der Waals surface area contributed by atoms with E-state index in [4.69, 9.17) is 9.47 Å². The van der Waals surface area contributed by atoms with Gasteiger partial charge in [-0.1, -0.05) is 0 Å². The highest BCUT2D eigenvalue weighted by molar-refractivity contribution is 5.98. The van der Waals surface area contributed by atoms with Gasteiger partial charge in [0.25, 0.3) is 5.91 Å². The quantitative estimate of drug-likeness (QED) is 0.417. The molecule has 0 unspecified atom stereocenters. The summed E-state index contributed by atoms with van der Waals surface area (Å²) in [5, 5.41) is 42.7. The molecular weight excluding hydrogens is 306 g/mol. The maximum absolute atomic E-state index is 12.3. The summed E-state index contributed by atoms with van der Waals surface area (Å²) in [5.74, 6) is -0.744. The van der Waals surface area contributed by atoms with Crippen LogP contribution in [-0.2, 0) is 0 Å². The van der Waals surface area contributed by atoms with Crippen molar-refractivity contribution < 1.29 is 34.7 Å². The molecule has 0 aromatic heterocycles. The lowest BCUT2D eigenvalue weighted by Gasteiger charge is -2.48. The highest BCUT2D eigenvalue weighted by Crippen LogP contribution is 2.46. The third-order valence-corrected chi connectivity index (χ3v) is 5.01. The molecule has 1 fully saturated rings. The fourth-order valence-electron chi connectivity index (χ4n) is 3.84. The van der Waals surface area contributed by atoms with E-state index >= 15 is 0 Å². The fraction of sp³-hybridized carbons (Fsp3) is 0.533. The van der Waals surface area contributed by atoms with Gasteiger partial charge in [-0.15, -0.1) is 0 Å². The molecule has 0 radical (unpaired) electrons. The van der Waals surface area contributed by atoms with Crippen LogP contribution in [0.3, 0.4) is 0 Å². The van der Waals surface area contributed by atoms with Crippen molar-refractivity contribution in [2.45, 2.75) is 30.3 Å². The van der Waals surface area contributed by atoms with Crippen molar-refractivity contribution in [1.29, 1.82) is 0 Å². The predicted octanol–water partition coefficient (Wildman–Crippen LogP) is -1.68. The number of amides is 1. The molecule has 1 aromatic rings. The second-order valence-electron chi connectivity index (χ2n) is 6.14. The van der Waals surface area contributed by atoms with Crippen molar-refractivity contribution in [3.63, 3.8) is 0 Å². The smallest absolute Gasteiger partial charge is 0.252 e. The lowest BCUT2D eigenvalue weighted by molar-refractivity contribution is -0.138. The van der Waals surface area contributed by atoms with Crippen LogP contribution in [0.5, 0.6) is 11.5 Å². The number of carbonyl (C=O) groups is 1. The summed E-state index contributed by atoms with van der Waals surface area (Å²) >= 11 is 0. The van der Waals surface area contributed by atoms with Crippen molar-refractivity contribution in [1.82, 2.24) is 5.32 Å². The molecule has 1 aromatic carbocycles. The number of nitrogens with one attached hydrogen (secondary N) is 1.